The van der Waals surface area contributed by atoms with E-state index in [1.54, 1.807) is 24.3 Å². The minimum absolute atomic E-state index is 0.00741. The molecule has 0 spiro atoms. The van der Waals surface area contributed by atoms with Crippen LogP contribution in [0.4, 0.5) is 0 Å². The summed E-state index contributed by atoms with van der Waals surface area (Å²) in [7, 11) is 0. The summed E-state index contributed by atoms with van der Waals surface area (Å²) in [6, 6.07) is 5.65. The second-order valence-electron chi connectivity index (χ2n) is 6.41. The maximum atomic E-state index is 12.3. The van der Waals surface area contributed by atoms with Crippen LogP contribution in [0.5, 0.6) is 11.5 Å². The molecule has 0 amide bonds. The number of ether oxygens (including phenoxy) is 2. The monoisotopic (exact) mass is 356 g/mol. The van der Waals surface area contributed by atoms with E-state index in [9.17, 15) is 4.79 Å². The molecule has 0 aliphatic heterocycles. The van der Waals surface area contributed by atoms with Gasteiger partial charge < -0.3 is 9.47 Å². The minimum atomic E-state index is -0.263. The molecule has 0 radical (unpaired) electrons. The number of thiocarbonyl (C=S) groups is 1. The lowest BCUT2D eigenvalue weighted by atomic mass is 9.98. The highest BCUT2D eigenvalue weighted by Crippen LogP contribution is 2.28. The van der Waals surface area contributed by atoms with Gasteiger partial charge in [-0.2, -0.15) is 0 Å². The Balaban J connectivity index is 2.19. The maximum Gasteiger partial charge on any atom is 0.166 e. The lowest BCUT2D eigenvalue weighted by Gasteiger charge is -2.16. The number of carbonyl (C=O) groups is 1. The average molecular weight is 356 g/mol. The van der Waals surface area contributed by atoms with Gasteiger partial charge in [0.05, 0.1) is 18.1 Å². The van der Waals surface area contributed by atoms with Gasteiger partial charge in [-0.25, -0.2) is 0 Å². The highest BCUT2D eigenvalue weighted by Gasteiger charge is 2.13. The van der Waals surface area contributed by atoms with Crippen molar-refractivity contribution < 1.29 is 14.3 Å². The van der Waals surface area contributed by atoms with Crippen LogP contribution in [0.15, 0.2) is 48.6 Å². The highest BCUT2D eigenvalue weighted by molar-refractivity contribution is 7.81. The summed E-state index contributed by atoms with van der Waals surface area (Å²) in [4.78, 5) is 13.1. The van der Waals surface area contributed by atoms with Crippen LogP contribution in [0.3, 0.4) is 0 Å². The van der Waals surface area contributed by atoms with E-state index in [-0.39, 0.29) is 23.9 Å². The summed E-state index contributed by atoms with van der Waals surface area (Å²) in [5.41, 5.74) is 0.845. The van der Waals surface area contributed by atoms with Crippen LogP contribution >= 0.6 is 12.2 Å². The molecule has 1 aliphatic rings. The second kappa shape index (κ2) is 8.77. The van der Waals surface area contributed by atoms with Gasteiger partial charge in [-0.05, 0) is 64.1 Å². The number of hydrogen-bond donors (Lipinski definition) is 0. The predicted octanol–water partition coefficient (Wildman–Crippen LogP) is 4.96. The minimum Gasteiger partial charge on any atom is -0.491 e. The van der Waals surface area contributed by atoms with E-state index in [0.29, 0.717) is 5.75 Å². The van der Waals surface area contributed by atoms with Crippen LogP contribution < -0.4 is 9.47 Å². The highest BCUT2D eigenvalue weighted by atomic mass is 32.1. The molecular weight excluding hydrogens is 332 g/mol. The standard InChI is InChI=1S/C21H24O3S/c1-14(2)23-18-9-5-17(21(13-18)24-15(3)4)8-12-20(22)16-6-10-19(25)11-7-16/h5-16H,1-4H3/b12-8+. The first-order chi connectivity index (χ1) is 11.8. The van der Waals surface area contributed by atoms with Crippen molar-refractivity contribution in [2.75, 3.05) is 0 Å². The first-order valence-corrected chi connectivity index (χ1v) is 8.85. The molecule has 4 heteroatoms. The van der Waals surface area contributed by atoms with Gasteiger partial charge in [-0.15, -0.1) is 0 Å². The molecule has 0 unspecified atom stereocenters. The lowest BCUT2D eigenvalue weighted by molar-refractivity contribution is -0.115. The van der Waals surface area contributed by atoms with Crippen molar-refractivity contribution >= 4 is 28.9 Å². The fourth-order valence-electron chi connectivity index (χ4n) is 2.34. The number of rotatable bonds is 7. The third kappa shape index (κ3) is 5.98. The summed E-state index contributed by atoms with van der Waals surface area (Å²) in [6.07, 6.45) is 10.7. The Morgan fingerprint density at radius 2 is 1.72 bits per heavy atom. The Morgan fingerprint density at radius 1 is 1.08 bits per heavy atom. The SMILES string of the molecule is CC(C)Oc1ccc(/C=C/C(=O)C2C=CC(=S)C=C2)c(OC(C)C)c1. The van der Waals surface area contributed by atoms with Crippen LogP contribution in [0.1, 0.15) is 33.3 Å². The molecule has 0 atom stereocenters. The van der Waals surface area contributed by atoms with Crippen LogP contribution in [0.2, 0.25) is 0 Å². The zero-order chi connectivity index (χ0) is 18.4. The molecule has 132 valence electrons. The molecule has 3 nitrogen and oxygen atoms in total. The van der Waals surface area contributed by atoms with Gasteiger partial charge in [-0.3, -0.25) is 4.79 Å². The summed E-state index contributed by atoms with van der Waals surface area (Å²) < 4.78 is 11.6. The van der Waals surface area contributed by atoms with E-state index in [1.807, 2.05) is 58.0 Å². The first-order valence-electron chi connectivity index (χ1n) is 8.45. The van der Waals surface area contributed by atoms with Gasteiger partial charge in [0.2, 0.25) is 0 Å². The quantitative estimate of drug-likeness (QED) is 0.511. The van der Waals surface area contributed by atoms with E-state index in [2.05, 4.69) is 0 Å². The van der Waals surface area contributed by atoms with Gasteiger partial charge >= 0.3 is 0 Å². The average Bonchev–Trinajstić information content (AvgIpc) is 2.53. The van der Waals surface area contributed by atoms with Crippen molar-refractivity contribution in [1.82, 2.24) is 0 Å². The van der Waals surface area contributed by atoms with Gasteiger partial charge in [-0.1, -0.05) is 24.4 Å². The molecular formula is C21H24O3S. The maximum absolute atomic E-state index is 12.3. The fourth-order valence-corrected chi connectivity index (χ4v) is 2.50. The normalized spacial score (nSPS) is 14.7. The Bertz CT molecular complexity index is 711. The van der Waals surface area contributed by atoms with E-state index in [4.69, 9.17) is 21.7 Å². The second-order valence-corrected chi connectivity index (χ2v) is 6.89. The Kier molecular flexibility index (Phi) is 6.71. The van der Waals surface area contributed by atoms with Crippen molar-refractivity contribution in [3.8, 4) is 11.5 Å². The largest absolute Gasteiger partial charge is 0.491 e. The molecule has 0 saturated heterocycles. The van der Waals surface area contributed by atoms with Crippen LogP contribution in [0, 0.1) is 5.92 Å². The van der Waals surface area contributed by atoms with Gasteiger partial charge in [0, 0.05) is 16.5 Å². The smallest absolute Gasteiger partial charge is 0.166 e. The molecule has 1 aliphatic carbocycles. The third-order valence-corrected chi connectivity index (χ3v) is 3.68. The number of hydrogen-bond acceptors (Lipinski definition) is 4. The number of allylic oxidation sites excluding steroid dienone is 5. The van der Waals surface area contributed by atoms with Crippen molar-refractivity contribution in [2.24, 2.45) is 5.92 Å². The Morgan fingerprint density at radius 3 is 2.32 bits per heavy atom. The van der Waals surface area contributed by atoms with E-state index < -0.39 is 0 Å². The molecule has 0 bridgehead atoms. The van der Waals surface area contributed by atoms with Crippen LogP contribution in [-0.2, 0) is 4.79 Å². The van der Waals surface area contributed by atoms with Crippen LogP contribution in [-0.4, -0.2) is 22.9 Å². The molecule has 0 saturated carbocycles. The summed E-state index contributed by atoms with van der Waals surface area (Å²) in [5.74, 6) is 1.20. The van der Waals surface area contributed by atoms with Crippen molar-refractivity contribution in [3.63, 3.8) is 0 Å². The van der Waals surface area contributed by atoms with Gasteiger partial charge in [0.1, 0.15) is 11.5 Å². The molecule has 25 heavy (non-hydrogen) atoms. The number of ketones is 1. The predicted molar refractivity (Wildman–Crippen MR) is 106 cm³/mol. The summed E-state index contributed by atoms with van der Waals surface area (Å²) in [5, 5.41) is 0. The first kappa shape index (κ1) is 19.1. The molecule has 1 aromatic carbocycles. The van der Waals surface area contributed by atoms with E-state index in [1.165, 1.54) is 0 Å². The third-order valence-electron chi connectivity index (χ3n) is 3.41. The van der Waals surface area contributed by atoms with Gasteiger partial charge in [0.25, 0.3) is 0 Å². The van der Waals surface area contributed by atoms with Crippen molar-refractivity contribution in [3.05, 3.63) is 54.1 Å². The van der Waals surface area contributed by atoms with E-state index >= 15 is 0 Å². The van der Waals surface area contributed by atoms with Crippen molar-refractivity contribution in [1.29, 1.82) is 0 Å². The van der Waals surface area contributed by atoms with Crippen LogP contribution in [0.25, 0.3) is 6.08 Å². The molecule has 0 aromatic heterocycles. The Labute approximate surface area is 155 Å². The van der Waals surface area contributed by atoms with Crippen molar-refractivity contribution in [2.45, 2.75) is 39.9 Å². The zero-order valence-electron chi connectivity index (χ0n) is 15.1. The number of carbonyl (C=O) groups excluding carboxylic acids is 1. The summed E-state index contributed by atoms with van der Waals surface area (Å²) >= 11 is 5.05. The van der Waals surface area contributed by atoms with Gasteiger partial charge in [0.15, 0.2) is 5.78 Å². The van der Waals surface area contributed by atoms with E-state index in [0.717, 1.165) is 16.2 Å². The lowest BCUT2D eigenvalue weighted by Crippen LogP contribution is -2.10. The molecule has 0 fully saturated rings. The molecule has 1 aromatic rings. The topological polar surface area (TPSA) is 35.5 Å². The molecule has 2 rings (SSSR count). The molecule has 0 heterocycles. The summed E-state index contributed by atoms with van der Waals surface area (Å²) in [6.45, 7) is 7.89. The number of benzene rings is 1. The fraction of sp³-hybridized carbons (Fsp3) is 0.333. The Hall–Kier alpha value is -2.20. The zero-order valence-corrected chi connectivity index (χ0v) is 15.9. The molecule has 0 N–H and O–H groups in total.